The molecule has 0 amide bonds. The molecular formula is C16H15Si. The van der Waals surface area contributed by atoms with Crippen molar-refractivity contribution in [2.75, 3.05) is 0 Å². The SMILES string of the molecule is C[SiH](C1=Cc2ccccc2[CH]1)c1ccccc1. The zero-order valence-corrected chi connectivity index (χ0v) is 11.1. The molecule has 0 N–H and O–H groups in total. The Kier molecular flexibility index (Phi) is 2.69. The summed E-state index contributed by atoms with van der Waals surface area (Å²) in [7, 11) is -0.994. The van der Waals surface area contributed by atoms with Crippen molar-refractivity contribution in [3.63, 3.8) is 0 Å². The summed E-state index contributed by atoms with van der Waals surface area (Å²) in [5.74, 6) is 0. The average molecular weight is 235 g/mol. The summed E-state index contributed by atoms with van der Waals surface area (Å²) in [5.41, 5.74) is 2.75. The van der Waals surface area contributed by atoms with Gasteiger partial charge in [0.25, 0.3) is 0 Å². The van der Waals surface area contributed by atoms with Crippen molar-refractivity contribution in [3.8, 4) is 0 Å². The highest BCUT2D eigenvalue weighted by molar-refractivity contribution is 6.80. The predicted octanol–water partition coefficient (Wildman–Crippen LogP) is 2.94. The minimum atomic E-state index is -0.994. The van der Waals surface area contributed by atoms with Gasteiger partial charge in [-0.3, -0.25) is 0 Å². The van der Waals surface area contributed by atoms with E-state index in [2.05, 4.69) is 73.6 Å². The highest BCUT2D eigenvalue weighted by atomic mass is 28.3. The molecule has 17 heavy (non-hydrogen) atoms. The van der Waals surface area contributed by atoms with Crippen LogP contribution in [0.4, 0.5) is 0 Å². The van der Waals surface area contributed by atoms with Crippen LogP contribution in [0.3, 0.4) is 0 Å². The third-order valence-corrected chi connectivity index (χ3v) is 6.16. The number of hydrogen-bond acceptors (Lipinski definition) is 0. The molecule has 1 radical (unpaired) electrons. The van der Waals surface area contributed by atoms with Gasteiger partial charge in [-0.25, -0.2) is 0 Å². The second-order valence-electron chi connectivity index (χ2n) is 4.55. The van der Waals surface area contributed by atoms with Crippen LogP contribution < -0.4 is 5.19 Å². The lowest BCUT2D eigenvalue weighted by molar-refractivity contribution is 1.53. The van der Waals surface area contributed by atoms with Crippen molar-refractivity contribution < 1.29 is 0 Å². The number of hydrogen-bond donors (Lipinski definition) is 0. The lowest BCUT2D eigenvalue weighted by Crippen LogP contribution is -2.28. The number of fused-ring (bicyclic) bond motifs is 1. The predicted molar refractivity (Wildman–Crippen MR) is 76.9 cm³/mol. The Balaban J connectivity index is 1.90. The van der Waals surface area contributed by atoms with Crippen molar-refractivity contribution in [1.29, 1.82) is 0 Å². The molecule has 0 spiro atoms. The molecule has 1 unspecified atom stereocenters. The summed E-state index contributed by atoms with van der Waals surface area (Å²) in [6, 6.07) is 19.5. The number of allylic oxidation sites excluding steroid dienone is 1. The average Bonchev–Trinajstić information content (AvgIpc) is 2.82. The van der Waals surface area contributed by atoms with E-state index in [1.165, 1.54) is 21.5 Å². The molecule has 0 aromatic heterocycles. The molecule has 3 rings (SSSR count). The van der Waals surface area contributed by atoms with E-state index in [9.17, 15) is 0 Å². The second-order valence-corrected chi connectivity index (χ2v) is 7.33. The van der Waals surface area contributed by atoms with Gasteiger partial charge in [-0.1, -0.05) is 77.6 Å². The second kappa shape index (κ2) is 4.34. The van der Waals surface area contributed by atoms with Crippen molar-refractivity contribution in [2.45, 2.75) is 6.55 Å². The highest BCUT2D eigenvalue weighted by Crippen LogP contribution is 2.27. The third kappa shape index (κ3) is 1.98. The van der Waals surface area contributed by atoms with Crippen LogP contribution in [0.15, 0.2) is 59.8 Å². The molecule has 1 heteroatoms. The molecule has 0 saturated carbocycles. The Morgan fingerprint density at radius 2 is 1.41 bits per heavy atom. The maximum atomic E-state index is 2.41. The summed E-state index contributed by atoms with van der Waals surface area (Å²) in [5, 5.41) is 3.06. The third-order valence-electron chi connectivity index (χ3n) is 3.44. The minimum absolute atomic E-state index is 0.994. The van der Waals surface area contributed by atoms with Crippen molar-refractivity contribution in [2.24, 2.45) is 0 Å². The molecule has 1 aliphatic carbocycles. The molecule has 2 aromatic carbocycles. The van der Waals surface area contributed by atoms with E-state index in [0.717, 1.165) is 0 Å². The Morgan fingerprint density at radius 1 is 0.765 bits per heavy atom. The number of rotatable bonds is 2. The monoisotopic (exact) mass is 235 g/mol. The van der Waals surface area contributed by atoms with Crippen LogP contribution in [0.25, 0.3) is 6.08 Å². The van der Waals surface area contributed by atoms with Gasteiger partial charge in [0.15, 0.2) is 0 Å². The normalized spacial score (nSPS) is 15.2. The zero-order valence-electron chi connectivity index (χ0n) is 9.93. The number of benzene rings is 2. The summed E-state index contributed by atoms with van der Waals surface area (Å²) >= 11 is 0. The maximum absolute atomic E-state index is 2.41. The van der Waals surface area contributed by atoms with Crippen LogP contribution in [0, 0.1) is 6.42 Å². The Hall–Kier alpha value is -1.60. The zero-order chi connectivity index (χ0) is 11.7. The van der Waals surface area contributed by atoms with Gasteiger partial charge in [0.05, 0.1) is 8.80 Å². The van der Waals surface area contributed by atoms with E-state index in [1.807, 2.05) is 0 Å². The standard InChI is InChI=1S/C16H15Si/c1-17(15-9-3-2-4-10-15)16-11-13-7-5-6-8-14(13)12-16/h2-12,17H,1H3. The first-order valence-electron chi connectivity index (χ1n) is 6.05. The van der Waals surface area contributed by atoms with Crippen LogP contribution in [-0.4, -0.2) is 8.80 Å². The van der Waals surface area contributed by atoms with Crippen LogP contribution in [0.2, 0.25) is 6.55 Å². The molecule has 83 valence electrons. The molecule has 0 bridgehead atoms. The molecule has 0 saturated heterocycles. The molecule has 1 aliphatic rings. The van der Waals surface area contributed by atoms with Crippen molar-refractivity contribution >= 4 is 20.1 Å². The molecule has 0 fully saturated rings. The molecule has 1 atom stereocenters. The van der Waals surface area contributed by atoms with Crippen molar-refractivity contribution in [3.05, 3.63) is 77.3 Å². The van der Waals surface area contributed by atoms with Crippen LogP contribution >= 0.6 is 0 Å². The molecular weight excluding hydrogens is 220 g/mol. The van der Waals surface area contributed by atoms with Crippen LogP contribution in [0.1, 0.15) is 11.1 Å². The van der Waals surface area contributed by atoms with Gasteiger partial charge in [-0.2, -0.15) is 0 Å². The fourth-order valence-corrected chi connectivity index (χ4v) is 4.40. The van der Waals surface area contributed by atoms with E-state index < -0.39 is 8.80 Å². The van der Waals surface area contributed by atoms with E-state index in [0.29, 0.717) is 0 Å². The molecule has 0 nitrogen and oxygen atoms in total. The van der Waals surface area contributed by atoms with Gasteiger partial charge in [0.2, 0.25) is 0 Å². The highest BCUT2D eigenvalue weighted by Gasteiger charge is 2.19. The summed E-state index contributed by atoms with van der Waals surface area (Å²) in [4.78, 5) is 0. The van der Waals surface area contributed by atoms with E-state index in [1.54, 1.807) is 0 Å². The first-order chi connectivity index (χ1) is 8.34. The Bertz CT molecular complexity index is 555. The van der Waals surface area contributed by atoms with E-state index in [4.69, 9.17) is 0 Å². The lowest BCUT2D eigenvalue weighted by atomic mass is 10.1. The first kappa shape index (κ1) is 10.5. The summed E-state index contributed by atoms with van der Waals surface area (Å²) in [6.45, 7) is 2.41. The fourth-order valence-electron chi connectivity index (χ4n) is 2.36. The smallest absolute Gasteiger partial charge is 0.0703 e. The lowest BCUT2D eigenvalue weighted by Gasteiger charge is -2.11. The van der Waals surface area contributed by atoms with Crippen molar-refractivity contribution in [1.82, 2.24) is 0 Å². The Morgan fingerprint density at radius 3 is 2.12 bits per heavy atom. The fraction of sp³-hybridized carbons (Fsp3) is 0.0625. The molecule has 0 aliphatic heterocycles. The van der Waals surface area contributed by atoms with E-state index in [-0.39, 0.29) is 0 Å². The van der Waals surface area contributed by atoms with E-state index >= 15 is 0 Å². The molecule has 0 heterocycles. The first-order valence-corrected chi connectivity index (χ1v) is 8.36. The van der Waals surface area contributed by atoms with Gasteiger partial charge in [0, 0.05) is 6.42 Å². The minimum Gasteiger partial charge on any atom is -0.0703 e. The summed E-state index contributed by atoms with van der Waals surface area (Å²) < 4.78 is 0. The Labute approximate surface area is 104 Å². The van der Waals surface area contributed by atoms with Gasteiger partial charge in [0.1, 0.15) is 0 Å². The maximum Gasteiger partial charge on any atom is 0.0955 e. The quantitative estimate of drug-likeness (QED) is 0.702. The van der Waals surface area contributed by atoms with Gasteiger partial charge in [-0.15, -0.1) is 0 Å². The van der Waals surface area contributed by atoms with Gasteiger partial charge in [-0.05, 0) is 11.1 Å². The van der Waals surface area contributed by atoms with Crippen LogP contribution in [0.5, 0.6) is 0 Å². The summed E-state index contributed by atoms with van der Waals surface area (Å²) in [6.07, 6.45) is 4.72. The van der Waals surface area contributed by atoms with Gasteiger partial charge < -0.3 is 0 Å². The largest absolute Gasteiger partial charge is 0.0955 e. The topological polar surface area (TPSA) is 0 Å². The van der Waals surface area contributed by atoms with Crippen LogP contribution in [-0.2, 0) is 0 Å². The van der Waals surface area contributed by atoms with Gasteiger partial charge >= 0.3 is 0 Å². The molecule has 2 aromatic rings.